The average Bonchev–Trinajstić information content (AvgIpc) is 3.15. The molecule has 1 fully saturated rings. The topological polar surface area (TPSA) is 85.6 Å². The minimum absolute atomic E-state index is 0. The minimum atomic E-state index is 0. The highest BCUT2D eigenvalue weighted by molar-refractivity contribution is 14.0. The summed E-state index contributed by atoms with van der Waals surface area (Å²) in [6, 6.07) is 8.37. The largest absolute Gasteiger partial charge is 0.493 e. The van der Waals surface area contributed by atoms with Crippen LogP contribution >= 0.6 is 24.0 Å². The first kappa shape index (κ1) is 25.7. The molecule has 0 amide bonds. The maximum atomic E-state index is 6.07. The number of hydrogen-bond acceptors (Lipinski definition) is 5. The summed E-state index contributed by atoms with van der Waals surface area (Å²) in [5, 5.41) is 15.5. The molecule has 0 radical (unpaired) electrons. The lowest BCUT2D eigenvalue weighted by Gasteiger charge is -2.28. The second-order valence-corrected chi connectivity index (χ2v) is 8.67. The summed E-state index contributed by atoms with van der Waals surface area (Å²) in [6.07, 6.45) is 8.68. The van der Waals surface area contributed by atoms with Crippen LogP contribution in [-0.2, 0) is 18.3 Å². The van der Waals surface area contributed by atoms with Gasteiger partial charge in [-0.1, -0.05) is 37.5 Å². The Bertz CT molecular complexity index is 897. The SMILES string of the molecule is Cc1nnc(CN=C(NCCCOC2CCCCC2)NC2CCOc3ccccc32)n1C.I. The van der Waals surface area contributed by atoms with Crippen molar-refractivity contribution >= 4 is 29.9 Å². The van der Waals surface area contributed by atoms with Gasteiger partial charge in [-0.3, -0.25) is 0 Å². The number of hydrogen-bond donors (Lipinski definition) is 2. The smallest absolute Gasteiger partial charge is 0.192 e. The fourth-order valence-electron chi connectivity index (χ4n) is 4.31. The van der Waals surface area contributed by atoms with Crippen molar-refractivity contribution in [2.45, 2.75) is 70.6 Å². The van der Waals surface area contributed by atoms with Crippen LogP contribution in [-0.4, -0.2) is 46.6 Å². The van der Waals surface area contributed by atoms with E-state index in [0.717, 1.165) is 49.4 Å². The number of ether oxygens (including phenoxy) is 2. The molecule has 182 valence electrons. The van der Waals surface area contributed by atoms with Crippen molar-refractivity contribution in [3.8, 4) is 5.75 Å². The first-order valence-corrected chi connectivity index (χ1v) is 11.9. The molecule has 4 rings (SSSR count). The predicted molar refractivity (Wildman–Crippen MR) is 140 cm³/mol. The Labute approximate surface area is 214 Å². The van der Waals surface area contributed by atoms with Crippen molar-refractivity contribution in [1.29, 1.82) is 0 Å². The fraction of sp³-hybridized carbons (Fsp3) is 0.625. The average molecular weight is 569 g/mol. The van der Waals surface area contributed by atoms with E-state index in [4.69, 9.17) is 14.5 Å². The molecule has 0 bridgehead atoms. The molecule has 2 aliphatic rings. The van der Waals surface area contributed by atoms with E-state index >= 15 is 0 Å². The van der Waals surface area contributed by atoms with E-state index in [-0.39, 0.29) is 30.0 Å². The summed E-state index contributed by atoms with van der Waals surface area (Å²) in [7, 11) is 1.97. The van der Waals surface area contributed by atoms with Gasteiger partial charge < -0.3 is 24.7 Å². The first-order valence-electron chi connectivity index (χ1n) is 11.9. The number of benzene rings is 1. The zero-order valence-electron chi connectivity index (χ0n) is 19.8. The highest BCUT2D eigenvalue weighted by Crippen LogP contribution is 2.31. The Morgan fingerprint density at radius 2 is 2.00 bits per heavy atom. The Hall–Kier alpha value is -1.88. The lowest BCUT2D eigenvalue weighted by molar-refractivity contribution is 0.0277. The van der Waals surface area contributed by atoms with Gasteiger partial charge >= 0.3 is 0 Å². The number of halogens is 1. The Balaban J connectivity index is 0.00000306. The van der Waals surface area contributed by atoms with Crippen molar-refractivity contribution in [3.63, 3.8) is 0 Å². The highest BCUT2D eigenvalue weighted by atomic mass is 127. The second kappa shape index (κ2) is 13.1. The normalized spacial score (nSPS) is 18.7. The zero-order valence-corrected chi connectivity index (χ0v) is 22.1. The van der Waals surface area contributed by atoms with Crippen LogP contribution in [0.1, 0.15) is 68.2 Å². The molecule has 1 aliphatic carbocycles. The Morgan fingerprint density at radius 1 is 1.18 bits per heavy atom. The predicted octanol–water partition coefficient (Wildman–Crippen LogP) is 4.04. The molecule has 1 saturated carbocycles. The van der Waals surface area contributed by atoms with Gasteiger partial charge in [0.15, 0.2) is 11.8 Å². The molecule has 0 saturated heterocycles. The van der Waals surface area contributed by atoms with Gasteiger partial charge in [0.25, 0.3) is 0 Å². The third-order valence-electron chi connectivity index (χ3n) is 6.35. The van der Waals surface area contributed by atoms with Crippen LogP contribution in [0.2, 0.25) is 0 Å². The number of rotatable bonds is 8. The van der Waals surface area contributed by atoms with Crippen LogP contribution in [0.15, 0.2) is 29.3 Å². The van der Waals surface area contributed by atoms with E-state index in [2.05, 4.69) is 33.0 Å². The monoisotopic (exact) mass is 568 g/mol. The van der Waals surface area contributed by atoms with Crippen LogP contribution < -0.4 is 15.4 Å². The van der Waals surface area contributed by atoms with Crippen molar-refractivity contribution < 1.29 is 9.47 Å². The molecule has 1 aromatic carbocycles. The summed E-state index contributed by atoms with van der Waals surface area (Å²) in [5.41, 5.74) is 1.17. The molecule has 1 aliphatic heterocycles. The van der Waals surface area contributed by atoms with E-state index < -0.39 is 0 Å². The number of aromatic nitrogens is 3. The van der Waals surface area contributed by atoms with Gasteiger partial charge in [0.05, 0.1) is 18.8 Å². The highest BCUT2D eigenvalue weighted by Gasteiger charge is 2.22. The maximum Gasteiger partial charge on any atom is 0.192 e. The van der Waals surface area contributed by atoms with E-state index in [1.165, 1.54) is 37.7 Å². The van der Waals surface area contributed by atoms with Gasteiger partial charge in [0.1, 0.15) is 18.1 Å². The number of guanidine groups is 1. The lowest BCUT2D eigenvalue weighted by atomic mass is 9.98. The van der Waals surface area contributed by atoms with E-state index in [1.807, 2.05) is 30.7 Å². The quantitative estimate of drug-likeness (QED) is 0.217. The van der Waals surface area contributed by atoms with E-state index in [9.17, 15) is 0 Å². The minimum Gasteiger partial charge on any atom is -0.493 e. The molecule has 2 heterocycles. The zero-order chi connectivity index (χ0) is 22.2. The van der Waals surface area contributed by atoms with Crippen LogP contribution in [0, 0.1) is 6.92 Å². The van der Waals surface area contributed by atoms with Gasteiger partial charge in [0.2, 0.25) is 0 Å². The molecule has 8 nitrogen and oxygen atoms in total. The van der Waals surface area contributed by atoms with Gasteiger partial charge in [-0.25, -0.2) is 4.99 Å². The number of nitrogens with zero attached hydrogens (tertiary/aromatic N) is 4. The summed E-state index contributed by atoms with van der Waals surface area (Å²) in [6.45, 7) is 4.70. The molecule has 0 spiro atoms. The standard InChI is InChI=1S/C24H36N6O2.HI/c1-18-28-29-23(30(18)2)17-26-24(25-14-8-15-31-19-9-4-3-5-10-19)27-21-13-16-32-22-12-7-6-11-20(21)22;/h6-7,11-12,19,21H,3-5,8-10,13-17H2,1-2H3,(H2,25,26,27);1H. The van der Waals surface area contributed by atoms with Crippen LogP contribution in [0.4, 0.5) is 0 Å². The van der Waals surface area contributed by atoms with Crippen LogP contribution in [0.5, 0.6) is 5.75 Å². The molecule has 2 aromatic rings. The molecule has 1 aromatic heterocycles. The number of para-hydroxylation sites is 1. The fourth-order valence-corrected chi connectivity index (χ4v) is 4.31. The lowest BCUT2D eigenvalue weighted by Crippen LogP contribution is -2.41. The second-order valence-electron chi connectivity index (χ2n) is 8.67. The van der Waals surface area contributed by atoms with E-state index in [1.54, 1.807) is 0 Å². The van der Waals surface area contributed by atoms with E-state index in [0.29, 0.717) is 19.3 Å². The number of aryl methyl sites for hydroxylation is 1. The van der Waals surface area contributed by atoms with Crippen LogP contribution in [0.25, 0.3) is 0 Å². The molecule has 9 heteroatoms. The van der Waals surface area contributed by atoms with Crippen molar-refractivity contribution in [1.82, 2.24) is 25.4 Å². The summed E-state index contributed by atoms with van der Waals surface area (Å²) < 4.78 is 13.9. The molecule has 1 unspecified atom stereocenters. The van der Waals surface area contributed by atoms with Crippen molar-refractivity contribution in [2.75, 3.05) is 19.8 Å². The molecular weight excluding hydrogens is 531 g/mol. The molecular formula is C24H37IN6O2. The first-order chi connectivity index (χ1) is 15.7. The third-order valence-corrected chi connectivity index (χ3v) is 6.35. The molecule has 2 N–H and O–H groups in total. The van der Waals surface area contributed by atoms with Gasteiger partial charge in [-0.2, -0.15) is 0 Å². The maximum absolute atomic E-state index is 6.07. The molecule has 33 heavy (non-hydrogen) atoms. The van der Waals surface area contributed by atoms with Crippen molar-refractivity contribution in [3.05, 3.63) is 41.5 Å². The summed E-state index contributed by atoms with van der Waals surface area (Å²) in [4.78, 5) is 4.81. The van der Waals surface area contributed by atoms with Crippen LogP contribution in [0.3, 0.4) is 0 Å². The number of fused-ring (bicyclic) bond motifs is 1. The third kappa shape index (κ3) is 7.30. The van der Waals surface area contributed by atoms with Gasteiger partial charge in [0, 0.05) is 32.2 Å². The Kier molecular flexibility index (Phi) is 10.2. The van der Waals surface area contributed by atoms with Gasteiger partial charge in [-0.05, 0) is 32.3 Å². The summed E-state index contributed by atoms with van der Waals surface area (Å²) >= 11 is 0. The number of aliphatic imine (C=N–C) groups is 1. The molecule has 1 atom stereocenters. The van der Waals surface area contributed by atoms with Crippen molar-refractivity contribution in [2.24, 2.45) is 12.0 Å². The summed E-state index contributed by atoms with van der Waals surface area (Å²) in [5.74, 6) is 3.46. The van der Waals surface area contributed by atoms with Gasteiger partial charge in [-0.15, -0.1) is 34.2 Å². The number of nitrogens with one attached hydrogen (secondary N) is 2. The Morgan fingerprint density at radius 3 is 2.79 bits per heavy atom.